The Labute approximate surface area is 190 Å². The van der Waals surface area contributed by atoms with Crippen molar-refractivity contribution < 1.29 is 19.4 Å². The first-order valence-electron chi connectivity index (χ1n) is 10.8. The van der Waals surface area contributed by atoms with E-state index in [9.17, 15) is 9.90 Å². The molecule has 0 fully saturated rings. The molecule has 0 aliphatic carbocycles. The Morgan fingerprint density at radius 2 is 1.53 bits per heavy atom. The van der Waals surface area contributed by atoms with Gasteiger partial charge in [0.15, 0.2) is 6.10 Å². The quantitative estimate of drug-likeness (QED) is 0.413. The van der Waals surface area contributed by atoms with Gasteiger partial charge in [-0.3, -0.25) is 0 Å². The molecule has 0 aliphatic heterocycles. The van der Waals surface area contributed by atoms with Gasteiger partial charge in [0.25, 0.3) is 0 Å². The lowest BCUT2D eigenvalue weighted by Crippen LogP contribution is -2.29. The Balaban J connectivity index is 1.54. The summed E-state index contributed by atoms with van der Waals surface area (Å²) in [5.41, 5.74) is 5.61. The van der Waals surface area contributed by atoms with Crippen LogP contribution < -0.4 is 4.74 Å². The molecule has 0 spiro atoms. The van der Waals surface area contributed by atoms with E-state index in [2.05, 4.69) is 49.4 Å². The molecule has 0 aromatic heterocycles. The maximum atomic E-state index is 11.4. The highest BCUT2D eigenvalue weighted by atomic mass is 16.5. The topological polar surface area (TPSA) is 55.8 Å². The van der Waals surface area contributed by atoms with E-state index in [1.807, 2.05) is 56.3 Å². The lowest BCUT2D eigenvalue weighted by molar-refractivity contribution is -0.153. The molecule has 1 unspecified atom stereocenters. The van der Waals surface area contributed by atoms with Gasteiger partial charge in [-0.1, -0.05) is 66.7 Å². The maximum Gasteiger partial charge on any atom is 0.333 e. The molecule has 0 heterocycles. The number of allylic oxidation sites excluding steroid dienone is 1. The number of aliphatic carboxylic acids is 1. The minimum absolute atomic E-state index is 0.136. The summed E-state index contributed by atoms with van der Waals surface area (Å²) in [6.07, 6.45) is 1.40. The summed E-state index contributed by atoms with van der Waals surface area (Å²) in [7, 11) is 0. The van der Waals surface area contributed by atoms with Crippen LogP contribution in [-0.2, 0) is 16.0 Å². The van der Waals surface area contributed by atoms with E-state index in [-0.39, 0.29) is 6.10 Å². The van der Waals surface area contributed by atoms with Crippen molar-refractivity contribution >= 4 is 11.5 Å². The summed E-state index contributed by atoms with van der Waals surface area (Å²) in [5, 5.41) is 9.32. The van der Waals surface area contributed by atoms with Crippen molar-refractivity contribution in [1.29, 1.82) is 0 Å². The average molecular weight is 431 g/mol. The number of carboxylic acids is 1. The lowest BCUT2D eigenvalue weighted by atomic mass is 10.0. The van der Waals surface area contributed by atoms with Crippen molar-refractivity contribution in [3.8, 4) is 16.9 Å². The van der Waals surface area contributed by atoms with Crippen LogP contribution in [0.2, 0.25) is 0 Å². The van der Waals surface area contributed by atoms with Crippen LogP contribution in [0.5, 0.6) is 5.75 Å². The SMILES string of the molecule is C/C(=C\COc1ccc(CC(OC(C)C)C(=O)O)cc1)c1ccc(-c2ccccc2)cc1. The predicted octanol–water partition coefficient (Wildman–Crippen LogP) is 6.26. The van der Waals surface area contributed by atoms with E-state index in [0.717, 1.165) is 22.4 Å². The van der Waals surface area contributed by atoms with Crippen LogP contribution in [0.1, 0.15) is 31.9 Å². The normalized spacial score (nSPS) is 12.6. The third-order valence-electron chi connectivity index (χ3n) is 5.14. The van der Waals surface area contributed by atoms with Gasteiger partial charge in [0.05, 0.1) is 6.10 Å². The predicted molar refractivity (Wildman–Crippen MR) is 129 cm³/mol. The first kappa shape index (κ1) is 23.3. The third kappa shape index (κ3) is 6.82. The molecule has 3 aromatic carbocycles. The van der Waals surface area contributed by atoms with E-state index < -0.39 is 12.1 Å². The molecule has 1 atom stereocenters. The summed E-state index contributed by atoms with van der Waals surface area (Å²) in [5.74, 6) is -0.203. The molecule has 3 aromatic rings. The summed E-state index contributed by atoms with van der Waals surface area (Å²) in [6.45, 7) is 6.20. The minimum Gasteiger partial charge on any atom is -0.490 e. The van der Waals surface area contributed by atoms with E-state index in [1.165, 1.54) is 11.1 Å². The van der Waals surface area contributed by atoms with Gasteiger partial charge >= 0.3 is 5.97 Å². The largest absolute Gasteiger partial charge is 0.490 e. The number of carboxylic acid groups (broad SMARTS) is 1. The fourth-order valence-electron chi connectivity index (χ4n) is 3.39. The Bertz CT molecular complexity index is 1020. The number of benzene rings is 3. The molecular formula is C28H30O4. The number of rotatable bonds is 10. The van der Waals surface area contributed by atoms with Gasteiger partial charge in [-0.2, -0.15) is 0 Å². The fraction of sp³-hybridized carbons (Fsp3) is 0.250. The molecule has 4 nitrogen and oxygen atoms in total. The standard InChI is InChI=1S/C28H30O4/c1-20(2)32-27(28(29)30)19-22-9-15-26(16-10-22)31-18-17-21(3)23-11-13-25(14-12-23)24-7-5-4-6-8-24/h4-17,20,27H,18-19H2,1-3H3,(H,29,30)/b21-17+. The highest BCUT2D eigenvalue weighted by Crippen LogP contribution is 2.22. The Morgan fingerprint density at radius 1 is 0.906 bits per heavy atom. The molecule has 0 aliphatic rings. The molecule has 0 saturated carbocycles. The van der Waals surface area contributed by atoms with Crippen LogP contribution in [0.25, 0.3) is 16.7 Å². The zero-order valence-electron chi connectivity index (χ0n) is 18.8. The first-order chi connectivity index (χ1) is 15.4. The van der Waals surface area contributed by atoms with Crippen LogP contribution >= 0.6 is 0 Å². The molecular weight excluding hydrogens is 400 g/mol. The fourth-order valence-corrected chi connectivity index (χ4v) is 3.39. The smallest absolute Gasteiger partial charge is 0.333 e. The molecule has 0 saturated heterocycles. The maximum absolute atomic E-state index is 11.4. The van der Waals surface area contributed by atoms with E-state index >= 15 is 0 Å². The van der Waals surface area contributed by atoms with Crippen molar-refractivity contribution in [3.63, 3.8) is 0 Å². The first-order valence-corrected chi connectivity index (χ1v) is 10.8. The van der Waals surface area contributed by atoms with Gasteiger partial charge in [-0.25, -0.2) is 4.79 Å². The highest BCUT2D eigenvalue weighted by molar-refractivity contribution is 5.73. The van der Waals surface area contributed by atoms with Gasteiger partial charge < -0.3 is 14.6 Å². The second kappa shape index (κ2) is 11.3. The van der Waals surface area contributed by atoms with Crippen molar-refractivity contribution in [2.75, 3.05) is 6.61 Å². The van der Waals surface area contributed by atoms with Crippen LogP contribution in [0.15, 0.2) is 84.9 Å². The summed E-state index contributed by atoms with van der Waals surface area (Å²) >= 11 is 0. The van der Waals surface area contributed by atoms with Crippen molar-refractivity contribution in [3.05, 3.63) is 96.1 Å². The van der Waals surface area contributed by atoms with Crippen molar-refractivity contribution in [2.24, 2.45) is 0 Å². The van der Waals surface area contributed by atoms with Crippen molar-refractivity contribution in [2.45, 2.75) is 39.4 Å². The molecule has 0 radical (unpaired) electrons. The number of carbonyl (C=O) groups is 1. The van der Waals surface area contributed by atoms with Gasteiger partial charge in [0.1, 0.15) is 12.4 Å². The van der Waals surface area contributed by atoms with Crippen LogP contribution in [0.3, 0.4) is 0 Å². The van der Waals surface area contributed by atoms with Gasteiger partial charge in [0.2, 0.25) is 0 Å². The molecule has 1 N–H and O–H groups in total. The zero-order valence-corrected chi connectivity index (χ0v) is 18.8. The third-order valence-corrected chi connectivity index (χ3v) is 5.14. The number of hydrogen-bond donors (Lipinski definition) is 1. The highest BCUT2D eigenvalue weighted by Gasteiger charge is 2.20. The Kier molecular flexibility index (Phi) is 8.23. The molecule has 4 heteroatoms. The monoisotopic (exact) mass is 430 g/mol. The Hall–Kier alpha value is -3.37. The van der Waals surface area contributed by atoms with Crippen molar-refractivity contribution in [1.82, 2.24) is 0 Å². The second-order valence-corrected chi connectivity index (χ2v) is 8.00. The van der Waals surface area contributed by atoms with Crippen LogP contribution in [0, 0.1) is 0 Å². The number of ether oxygens (including phenoxy) is 2. The van der Waals surface area contributed by atoms with E-state index in [1.54, 1.807) is 0 Å². The molecule has 0 amide bonds. The summed E-state index contributed by atoms with van der Waals surface area (Å²) < 4.78 is 11.3. The second-order valence-electron chi connectivity index (χ2n) is 8.00. The lowest BCUT2D eigenvalue weighted by Gasteiger charge is -2.16. The van der Waals surface area contributed by atoms with Gasteiger partial charge in [-0.15, -0.1) is 0 Å². The molecule has 166 valence electrons. The average Bonchev–Trinajstić information content (AvgIpc) is 2.80. The molecule has 3 rings (SSSR count). The summed E-state index contributed by atoms with van der Waals surface area (Å²) in [4.78, 5) is 11.4. The minimum atomic E-state index is -0.948. The Morgan fingerprint density at radius 3 is 2.12 bits per heavy atom. The van der Waals surface area contributed by atoms with E-state index in [4.69, 9.17) is 9.47 Å². The van der Waals surface area contributed by atoms with Crippen LogP contribution in [0.4, 0.5) is 0 Å². The van der Waals surface area contributed by atoms with Gasteiger partial charge in [0, 0.05) is 6.42 Å². The molecule has 0 bridgehead atoms. The van der Waals surface area contributed by atoms with Crippen LogP contribution in [-0.4, -0.2) is 29.9 Å². The zero-order chi connectivity index (χ0) is 22.9. The molecule has 32 heavy (non-hydrogen) atoms. The van der Waals surface area contributed by atoms with E-state index in [0.29, 0.717) is 13.0 Å². The van der Waals surface area contributed by atoms with Gasteiger partial charge in [-0.05, 0) is 66.8 Å². The summed E-state index contributed by atoms with van der Waals surface area (Å²) in [6, 6.07) is 26.3. The number of hydrogen-bond acceptors (Lipinski definition) is 3.